The number of esters is 1. The van der Waals surface area contributed by atoms with Crippen molar-refractivity contribution in [3.8, 4) is 0 Å². The van der Waals surface area contributed by atoms with Gasteiger partial charge in [-0.1, -0.05) is 179 Å². The minimum absolute atomic E-state index is 0.0383. The fourth-order valence-corrected chi connectivity index (χ4v) is 6.51. The second kappa shape index (κ2) is 39.9. The number of aliphatic carboxylic acids is 1. The summed E-state index contributed by atoms with van der Waals surface area (Å²) in [6, 6.07) is 0. The van der Waals surface area contributed by atoms with E-state index in [0.717, 1.165) is 44.9 Å². The quantitative estimate of drug-likeness (QED) is 0.0400. The van der Waals surface area contributed by atoms with E-state index in [9.17, 15) is 9.59 Å². The summed E-state index contributed by atoms with van der Waals surface area (Å²) >= 11 is 0. The number of ether oxygens (including phenoxy) is 1. The average molecular weight is 675 g/mol. The van der Waals surface area contributed by atoms with E-state index in [1.54, 1.807) is 0 Å². The lowest BCUT2D eigenvalue weighted by atomic mass is 10.0. The molecular weight excluding hydrogens is 592 g/mol. The molecule has 0 aliphatic heterocycles. The lowest BCUT2D eigenvalue weighted by Crippen LogP contribution is -2.18. The highest BCUT2D eigenvalue weighted by Gasteiger charge is 2.14. The van der Waals surface area contributed by atoms with Gasteiger partial charge < -0.3 is 9.84 Å². The molecule has 0 aromatic carbocycles. The lowest BCUT2D eigenvalue weighted by molar-refractivity contribution is -0.150. The molecule has 0 amide bonds. The fraction of sp³-hybridized carbons (Fsp3) is 0.864. The van der Waals surface area contributed by atoms with E-state index in [-0.39, 0.29) is 12.1 Å². The molecule has 0 heterocycles. The van der Waals surface area contributed by atoms with Gasteiger partial charge in [0.1, 0.15) is 6.10 Å². The van der Waals surface area contributed by atoms with Gasteiger partial charge in [-0.2, -0.15) is 0 Å². The third-order valence-corrected chi connectivity index (χ3v) is 9.68. The van der Waals surface area contributed by atoms with E-state index in [4.69, 9.17) is 9.84 Å². The summed E-state index contributed by atoms with van der Waals surface area (Å²) in [4.78, 5) is 23.2. The van der Waals surface area contributed by atoms with E-state index in [0.29, 0.717) is 12.8 Å². The first-order chi connectivity index (χ1) is 23.6. The highest BCUT2D eigenvalue weighted by Crippen LogP contribution is 2.19. The predicted molar refractivity (Wildman–Crippen MR) is 209 cm³/mol. The van der Waals surface area contributed by atoms with Gasteiger partial charge in [0.2, 0.25) is 0 Å². The zero-order chi connectivity index (χ0) is 35.0. The Morgan fingerprint density at radius 3 is 1.27 bits per heavy atom. The first-order valence-electron chi connectivity index (χ1n) is 21.3. The van der Waals surface area contributed by atoms with Crippen molar-refractivity contribution >= 4 is 11.9 Å². The molecule has 4 heteroatoms. The maximum absolute atomic E-state index is 12.7. The zero-order valence-electron chi connectivity index (χ0n) is 32.3. The van der Waals surface area contributed by atoms with Crippen LogP contribution in [0.3, 0.4) is 0 Å². The number of carboxylic acid groups (broad SMARTS) is 1. The van der Waals surface area contributed by atoms with E-state index in [2.05, 4.69) is 38.2 Å². The SMILES string of the molecule is CCCCC/C=C\C/C=C\CCCCCCCCCC(=O)OC(CCCCCCC)CCCCCCCCCCCCCCCC(=O)O. The van der Waals surface area contributed by atoms with Crippen molar-refractivity contribution in [2.75, 3.05) is 0 Å². The molecule has 1 N–H and O–H groups in total. The Kier molecular flexibility index (Phi) is 38.5. The Hall–Kier alpha value is -1.58. The normalized spacial score (nSPS) is 12.4. The van der Waals surface area contributed by atoms with Crippen molar-refractivity contribution in [2.45, 2.75) is 245 Å². The van der Waals surface area contributed by atoms with E-state index in [1.165, 1.54) is 167 Å². The number of hydrogen-bond donors (Lipinski definition) is 1. The summed E-state index contributed by atoms with van der Waals surface area (Å²) in [6.07, 6.45) is 50.8. The van der Waals surface area contributed by atoms with Crippen LogP contribution in [0.1, 0.15) is 239 Å². The molecule has 0 saturated heterocycles. The number of carbonyl (C=O) groups excluding carboxylic acids is 1. The number of unbranched alkanes of at least 4 members (excludes halogenated alkanes) is 26. The maximum Gasteiger partial charge on any atom is 0.306 e. The topological polar surface area (TPSA) is 63.6 Å². The number of carbonyl (C=O) groups is 2. The molecule has 0 aliphatic carbocycles. The Bertz CT molecular complexity index is 727. The monoisotopic (exact) mass is 675 g/mol. The highest BCUT2D eigenvalue weighted by molar-refractivity contribution is 5.69. The van der Waals surface area contributed by atoms with Crippen molar-refractivity contribution in [3.63, 3.8) is 0 Å². The smallest absolute Gasteiger partial charge is 0.306 e. The van der Waals surface area contributed by atoms with Crippen LogP contribution in [0.5, 0.6) is 0 Å². The summed E-state index contributed by atoms with van der Waals surface area (Å²) < 4.78 is 6.03. The van der Waals surface area contributed by atoms with Gasteiger partial charge in [0, 0.05) is 12.8 Å². The van der Waals surface area contributed by atoms with E-state index >= 15 is 0 Å². The summed E-state index contributed by atoms with van der Waals surface area (Å²) in [5, 5.41) is 8.69. The van der Waals surface area contributed by atoms with E-state index < -0.39 is 5.97 Å². The van der Waals surface area contributed by atoms with Crippen LogP contribution < -0.4 is 0 Å². The molecule has 0 aromatic rings. The van der Waals surface area contributed by atoms with Crippen LogP contribution in [0, 0.1) is 0 Å². The van der Waals surface area contributed by atoms with Crippen LogP contribution in [0.2, 0.25) is 0 Å². The van der Waals surface area contributed by atoms with Crippen molar-refractivity contribution in [1.29, 1.82) is 0 Å². The first kappa shape index (κ1) is 46.4. The second-order valence-electron chi connectivity index (χ2n) is 14.5. The van der Waals surface area contributed by atoms with Crippen molar-refractivity contribution < 1.29 is 19.4 Å². The number of hydrogen-bond acceptors (Lipinski definition) is 3. The molecule has 0 bridgehead atoms. The molecule has 0 aromatic heterocycles. The molecule has 1 unspecified atom stereocenters. The number of carboxylic acids is 1. The maximum atomic E-state index is 12.7. The largest absolute Gasteiger partial charge is 0.481 e. The van der Waals surface area contributed by atoms with Crippen molar-refractivity contribution in [3.05, 3.63) is 24.3 Å². The molecule has 0 rings (SSSR count). The van der Waals surface area contributed by atoms with Gasteiger partial charge in [0.05, 0.1) is 0 Å². The molecule has 0 aliphatic rings. The molecular formula is C44H82O4. The van der Waals surface area contributed by atoms with Crippen LogP contribution in [0.15, 0.2) is 24.3 Å². The highest BCUT2D eigenvalue weighted by atomic mass is 16.5. The fourth-order valence-electron chi connectivity index (χ4n) is 6.51. The molecule has 4 nitrogen and oxygen atoms in total. The number of allylic oxidation sites excluding steroid dienone is 4. The van der Waals surface area contributed by atoms with Crippen LogP contribution in [0.4, 0.5) is 0 Å². The third kappa shape index (κ3) is 38.9. The van der Waals surface area contributed by atoms with Gasteiger partial charge in [0.25, 0.3) is 0 Å². The van der Waals surface area contributed by atoms with E-state index in [1.807, 2.05) is 0 Å². The van der Waals surface area contributed by atoms with Crippen molar-refractivity contribution in [2.24, 2.45) is 0 Å². The van der Waals surface area contributed by atoms with Gasteiger partial charge in [-0.05, 0) is 70.6 Å². The molecule has 0 saturated carbocycles. The molecule has 48 heavy (non-hydrogen) atoms. The number of rotatable bonds is 39. The minimum atomic E-state index is -0.667. The Morgan fingerprint density at radius 1 is 0.458 bits per heavy atom. The van der Waals surface area contributed by atoms with Gasteiger partial charge in [-0.15, -0.1) is 0 Å². The molecule has 282 valence electrons. The Labute approximate surface area is 299 Å². The summed E-state index contributed by atoms with van der Waals surface area (Å²) in [7, 11) is 0. The van der Waals surface area contributed by atoms with Crippen LogP contribution >= 0.6 is 0 Å². The lowest BCUT2D eigenvalue weighted by Gasteiger charge is -2.18. The Morgan fingerprint density at radius 2 is 0.812 bits per heavy atom. The van der Waals surface area contributed by atoms with Crippen molar-refractivity contribution in [1.82, 2.24) is 0 Å². The summed E-state index contributed by atoms with van der Waals surface area (Å²) in [6.45, 7) is 4.52. The van der Waals surface area contributed by atoms with Gasteiger partial charge in [0.15, 0.2) is 0 Å². The average Bonchev–Trinajstić information content (AvgIpc) is 3.07. The second-order valence-corrected chi connectivity index (χ2v) is 14.5. The van der Waals surface area contributed by atoms with Crippen LogP contribution in [0.25, 0.3) is 0 Å². The standard InChI is InChI=1S/C44H82O4/c1-3-5-7-9-10-11-12-13-14-15-16-20-23-26-29-33-37-41-44(47)48-42(38-34-30-8-6-4-2)39-35-31-27-24-21-18-17-19-22-25-28-32-36-40-43(45)46/h10-11,13-14,42H,3-9,12,15-41H2,1-2H3,(H,45,46)/b11-10-,14-13-. The summed E-state index contributed by atoms with van der Waals surface area (Å²) in [5.41, 5.74) is 0. The molecule has 1 atom stereocenters. The third-order valence-electron chi connectivity index (χ3n) is 9.68. The van der Waals surface area contributed by atoms with Gasteiger partial charge in [-0.3, -0.25) is 9.59 Å². The van der Waals surface area contributed by atoms with Gasteiger partial charge in [-0.25, -0.2) is 0 Å². The summed E-state index contributed by atoms with van der Waals surface area (Å²) in [5.74, 6) is -0.628. The minimum Gasteiger partial charge on any atom is -0.481 e. The molecule has 0 fully saturated rings. The Balaban J connectivity index is 3.85. The first-order valence-corrected chi connectivity index (χ1v) is 21.3. The molecule has 0 radical (unpaired) electrons. The van der Waals surface area contributed by atoms with Crippen LogP contribution in [-0.4, -0.2) is 23.1 Å². The molecule has 0 spiro atoms. The predicted octanol–water partition coefficient (Wildman–Crippen LogP) is 14.8. The van der Waals surface area contributed by atoms with Crippen LogP contribution in [-0.2, 0) is 14.3 Å². The van der Waals surface area contributed by atoms with Gasteiger partial charge >= 0.3 is 11.9 Å². The zero-order valence-corrected chi connectivity index (χ0v) is 32.3.